The van der Waals surface area contributed by atoms with Crippen molar-refractivity contribution in [3.63, 3.8) is 0 Å². The Labute approximate surface area is 109 Å². The van der Waals surface area contributed by atoms with Crippen molar-refractivity contribution in [1.29, 1.82) is 0 Å². The van der Waals surface area contributed by atoms with Gasteiger partial charge in [0.25, 0.3) is 0 Å². The summed E-state index contributed by atoms with van der Waals surface area (Å²) in [7, 11) is -1.59. The molecular formula is C16H17OP. The zero-order chi connectivity index (χ0) is 12.4. The van der Waals surface area contributed by atoms with Gasteiger partial charge in [0.1, 0.15) is 0 Å². The Morgan fingerprint density at radius 3 is 1.50 bits per heavy atom. The lowest BCUT2D eigenvalue weighted by molar-refractivity contribution is 0.581. The fourth-order valence-electron chi connectivity index (χ4n) is 2.89. The molecule has 0 spiro atoms. The second-order valence-corrected chi connectivity index (χ2v) is 7.10. The minimum atomic E-state index is -1.59. The van der Waals surface area contributed by atoms with E-state index in [0.717, 1.165) is 12.8 Å². The third kappa shape index (κ3) is 2.15. The van der Waals surface area contributed by atoms with Crippen molar-refractivity contribution >= 4 is 7.80 Å². The maximum absolute atomic E-state index is 12.7. The first-order chi connectivity index (χ1) is 8.86. The zero-order valence-corrected chi connectivity index (χ0v) is 11.3. The molecule has 0 saturated carbocycles. The largest absolute Gasteiger partial charge is 0.326 e. The van der Waals surface area contributed by atoms with Crippen LogP contribution in [0.25, 0.3) is 0 Å². The van der Waals surface area contributed by atoms with Gasteiger partial charge >= 0.3 is 0 Å². The van der Waals surface area contributed by atoms with Crippen molar-refractivity contribution < 1.29 is 4.57 Å². The quantitative estimate of drug-likeness (QED) is 0.704. The maximum atomic E-state index is 12.7. The van der Waals surface area contributed by atoms with Crippen molar-refractivity contribution in [2.75, 3.05) is 0 Å². The van der Waals surface area contributed by atoms with Gasteiger partial charge in [0.2, 0.25) is 0 Å². The Kier molecular flexibility index (Phi) is 3.34. The average Bonchev–Trinajstić information content (AvgIpc) is 2.83. The van der Waals surface area contributed by atoms with Crippen molar-refractivity contribution in [2.45, 2.75) is 24.2 Å². The number of hydrogen-bond acceptors (Lipinski definition) is 1. The van der Waals surface area contributed by atoms with Gasteiger partial charge in [-0.15, -0.1) is 0 Å². The molecule has 92 valence electrons. The fourth-order valence-corrected chi connectivity index (χ4v) is 5.32. The molecular weight excluding hydrogens is 239 g/mol. The van der Waals surface area contributed by atoms with Gasteiger partial charge in [-0.25, -0.2) is 0 Å². The Balaban J connectivity index is 1.86. The van der Waals surface area contributed by atoms with E-state index in [0.29, 0.717) is 0 Å². The van der Waals surface area contributed by atoms with Crippen molar-refractivity contribution in [1.82, 2.24) is 0 Å². The summed E-state index contributed by atoms with van der Waals surface area (Å²) in [6.07, 6.45) is 2.11. The second kappa shape index (κ2) is 5.12. The first kappa shape index (κ1) is 11.7. The van der Waals surface area contributed by atoms with Gasteiger partial charge in [-0.3, -0.25) is 0 Å². The molecule has 0 aliphatic carbocycles. The molecule has 0 aromatic heterocycles. The van der Waals surface area contributed by atoms with Crippen LogP contribution in [0.2, 0.25) is 0 Å². The van der Waals surface area contributed by atoms with Crippen molar-refractivity contribution in [3.05, 3.63) is 71.8 Å². The van der Waals surface area contributed by atoms with Gasteiger partial charge in [0.05, 0.1) is 7.80 Å². The maximum Gasteiger partial charge on any atom is 0.0904 e. The molecule has 1 saturated heterocycles. The van der Waals surface area contributed by atoms with Gasteiger partial charge < -0.3 is 4.57 Å². The molecule has 2 heteroatoms. The third-order valence-electron chi connectivity index (χ3n) is 3.83. The van der Waals surface area contributed by atoms with Crippen LogP contribution in [0, 0.1) is 0 Å². The second-order valence-electron chi connectivity index (χ2n) is 4.91. The minimum Gasteiger partial charge on any atom is -0.326 e. The van der Waals surface area contributed by atoms with E-state index in [4.69, 9.17) is 0 Å². The van der Waals surface area contributed by atoms with Crippen LogP contribution in [0.4, 0.5) is 0 Å². The highest BCUT2D eigenvalue weighted by Gasteiger charge is 2.34. The van der Waals surface area contributed by atoms with Crippen LogP contribution in [-0.2, 0) is 4.57 Å². The Morgan fingerprint density at radius 2 is 1.11 bits per heavy atom. The molecule has 2 aromatic rings. The molecule has 1 heterocycles. The summed E-state index contributed by atoms with van der Waals surface area (Å²) >= 11 is 0. The van der Waals surface area contributed by atoms with Crippen molar-refractivity contribution in [3.8, 4) is 0 Å². The average molecular weight is 256 g/mol. The van der Waals surface area contributed by atoms with Crippen LogP contribution in [0.5, 0.6) is 0 Å². The summed E-state index contributed by atoms with van der Waals surface area (Å²) in [4.78, 5) is 0. The smallest absolute Gasteiger partial charge is 0.0904 e. The number of hydrogen-bond donors (Lipinski definition) is 0. The molecule has 3 rings (SSSR count). The number of rotatable bonds is 2. The molecule has 1 fully saturated rings. The molecule has 0 unspecified atom stereocenters. The van der Waals surface area contributed by atoms with E-state index >= 15 is 0 Å². The van der Waals surface area contributed by atoms with Crippen LogP contribution in [0.1, 0.15) is 35.3 Å². The van der Waals surface area contributed by atoms with Gasteiger partial charge in [-0.2, -0.15) is 0 Å². The minimum absolute atomic E-state index is 0.279. The molecule has 1 aliphatic heterocycles. The van der Waals surface area contributed by atoms with E-state index in [9.17, 15) is 4.57 Å². The summed E-state index contributed by atoms with van der Waals surface area (Å²) in [6, 6.07) is 20.7. The highest BCUT2D eigenvalue weighted by Crippen LogP contribution is 2.62. The normalized spacial score (nSPS) is 24.2. The van der Waals surface area contributed by atoms with E-state index in [1.54, 1.807) is 0 Å². The summed E-state index contributed by atoms with van der Waals surface area (Å²) in [5.41, 5.74) is 3.06. The van der Waals surface area contributed by atoms with E-state index in [2.05, 4.69) is 24.3 Å². The van der Waals surface area contributed by atoms with E-state index in [1.807, 2.05) is 36.4 Å². The standard InChI is InChI=1S/C16H17OP/c17-18-15(13-7-3-1-4-8-13)11-12-16(18)14-9-5-2-6-10-14/h1-10,15-16,18H,11-12H2/t15-,16-/m1/s1. The highest BCUT2D eigenvalue weighted by atomic mass is 31.1. The van der Waals surface area contributed by atoms with Gasteiger partial charge in [-0.05, 0) is 24.0 Å². The van der Waals surface area contributed by atoms with Crippen molar-refractivity contribution in [2.24, 2.45) is 0 Å². The van der Waals surface area contributed by atoms with Crippen LogP contribution in [-0.4, -0.2) is 0 Å². The molecule has 1 nitrogen and oxygen atoms in total. The molecule has 0 N–H and O–H groups in total. The summed E-state index contributed by atoms with van der Waals surface area (Å²) in [5, 5.41) is 0. The molecule has 0 bridgehead atoms. The molecule has 1 aliphatic rings. The fraction of sp³-hybridized carbons (Fsp3) is 0.250. The predicted molar refractivity (Wildman–Crippen MR) is 76.6 cm³/mol. The lowest BCUT2D eigenvalue weighted by atomic mass is 10.0. The van der Waals surface area contributed by atoms with Gasteiger partial charge in [0, 0.05) is 11.3 Å². The highest BCUT2D eigenvalue weighted by molar-refractivity contribution is 7.46. The molecule has 2 aromatic carbocycles. The first-order valence-electron chi connectivity index (χ1n) is 6.50. The van der Waals surface area contributed by atoms with E-state index < -0.39 is 7.80 Å². The van der Waals surface area contributed by atoms with Crippen LogP contribution >= 0.6 is 7.80 Å². The van der Waals surface area contributed by atoms with Gasteiger partial charge in [-0.1, -0.05) is 60.7 Å². The molecule has 0 amide bonds. The summed E-state index contributed by atoms with van der Waals surface area (Å²) in [6.45, 7) is 0. The van der Waals surface area contributed by atoms with E-state index in [-0.39, 0.29) is 11.3 Å². The molecule has 2 atom stereocenters. The Hall–Kier alpha value is -1.33. The lowest BCUT2D eigenvalue weighted by Gasteiger charge is -2.12. The monoisotopic (exact) mass is 256 g/mol. The molecule has 0 radical (unpaired) electrons. The summed E-state index contributed by atoms with van der Waals surface area (Å²) in [5.74, 6) is 0. The van der Waals surface area contributed by atoms with Crippen LogP contribution in [0.15, 0.2) is 60.7 Å². The first-order valence-corrected chi connectivity index (χ1v) is 8.06. The molecule has 18 heavy (non-hydrogen) atoms. The third-order valence-corrected chi connectivity index (χ3v) is 6.45. The van der Waals surface area contributed by atoms with Gasteiger partial charge in [0.15, 0.2) is 0 Å². The zero-order valence-electron chi connectivity index (χ0n) is 10.3. The summed E-state index contributed by atoms with van der Waals surface area (Å²) < 4.78 is 12.7. The SMILES string of the molecule is O=[PH]1[C@@H](c2ccccc2)CC[C@@H]1c1ccccc1. The van der Waals surface area contributed by atoms with E-state index in [1.165, 1.54) is 11.1 Å². The Bertz CT molecular complexity index is 486. The van der Waals surface area contributed by atoms with Crippen LogP contribution < -0.4 is 0 Å². The Morgan fingerprint density at radius 1 is 0.722 bits per heavy atom. The predicted octanol–water partition coefficient (Wildman–Crippen LogP) is 4.82. The number of benzene rings is 2. The lowest BCUT2D eigenvalue weighted by Crippen LogP contribution is -1.88. The topological polar surface area (TPSA) is 17.1 Å². The van der Waals surface area contributed by atoms with Crippen LogP contribution in [0.3, 0.4) is 0 Å².